The van der Waals surface area contributed by atoms with Crippen LogP contribution in [0.25, 0.3) is 0 Å². The highest BCUT2D eigenvalue weighted by molar-refractivity contribution is 7.80. The van der Waals surface area contributed by atoms with Crippen molar-refractivity contribution in [1.82, 2.24) is 16.0 Å². The molecule has 0 aliphatic heterocycles. The van der Waals surface area contributed by atoms with E-state index in [1.54, 1.807) is 13.8 Å². The Labute approximate surface area is 196 Å². The van der Waals surface area contributed by atoms with Crippen LogP contribution in [0.15, 0.2) is 0 Å². The molecule has 0 heterocycles. The topological polar surface area (TPSA) is 231 Å². The molecule has 0 fully saturated rings. The number of hydrogen-bond acceptors (Lipinski definition) is 8. The molecule has 0 saturated heterocycles. The van der Waals surface area contributed by atoms with Gasteiger partial charge in [-0.2, -0.15) is 12.6 Å². The molecule has 0 bridgehead atoms. The molecule has 14 heteroatoms. The van der Waals surface area contributed by atoms with Crippen LogP contribution in [-0.4, -0.2) is 75.7 Å². The molecular weight excluding hydrogens is 458 g/mol. The van der Waals surface area contributed by atoms with Gasteiger partial charge in [0.2, 0.25) is 23.6 Å². The highest BCUT2D eigenvalue weighted by Gasteiger charge is 2.30. The minimum absolute atomic E-state index is 0.0663. The van der Waals surface area contributed by atoms with E-state index in [0.29, 0.717) is 0 Å². The Kier molecular flexibility index (Phi) is 13.7. The summed E-state index contributed by atoms with van der Waals surface area (Å²) in [5.41, 5.74) is 10.7. The molecule has 4 unspecified atom stereocenters. The van der Waals surface area contributed by atoms with Crippen molar-refractivity contribution in [2.45, 2.75) is 70.1 Å². The fraction of sp³-hybridized carbons (Fsp3) is 0.684. The zero-order chi connectivity index (χ0) is 25.7. The molecule has 0 saturated carbocycles. The maximum Gasteiger partial charge on any atom is 0.326 e. The Balaban J connectivity index is 5.24. The van der Waals surface area contributed by atoms with Crippen molar-refractivity contribution in [1.29, 1.82) is 0 Å². The lowest BCUT2D eigenvalue weighted by Gasteiger charge is -2.25. The second kappa shape index (κ2) is 15.1. The molecule has 4 amide bonds. The van der Waals surface area contributed by atoms with Crippen molar-refractivity contribution in [3.05, 3.63) is 0 Å². The molecule has 4 atom stereocenters. The van der Waals surface area contributed by atoms with Crippen LogP contribution in [0.2, 0.25) is 0 Å². The van der Waals surface area contributed by atoms with Gasteiger partial charge in [-0.15, -0.1) is 0 Å². The van der Waals surface area contributed by atoms with E-state index in [1.807, 2.05) is 0 Å². The number of rotatable bonds is 16. The van der Waals surface area contributed by atoms with Gasteiger partial charge < -0.3 is 37.6 Å². The van der Waals surface area contributed by atoms with E-state index in [1.165, 1.54) is 0 Å². The van der Waals surface area contributed by atoms with E-state index in [2.05, 4.69) is 28.6 Å². The first-order valence-electron chi connectivity index (χ1n) is 10.3. The average molecular weight is 492 g/mol. The highest BCUT2D eigenvalue weighted by Crippen LogP contribution is 2.08. The van der Waals surface area contributed by atoms with Gasteiger partial charge >= 0.3 is 11.9 Å². The van der Waals surface area contributed by atoms with E-state index in [-0.39, 0.29) is 43.8 Å². The molecule has 188 valence electrons. The van der Waals surface area contributed by atoms with Crippen molar-refractivity contribution in [2.24, 2.45) is 17.4 Å². The number of aliphatic carboxylic acids is 2. The molecule has 0 aromatic rings. The maximum absolute atomic E-state index is 12.7. The Bertz CT molecular complexity index is 733. The van der Waals surface area contributed by atoms with Crippen LogP contribution in [0.3, 0.4) is 0 Å². The van der Waals surface area contributed by atoms with Gasteiger partial charge in [0.1, 0.15) is 18.1 Å². The fourth-order valence-electron chi connectivity index (χ4n) is 2.67. The third-order valence-corrected chi connectivity index (χ3v) is 4.82. The number of hydrogen-bond donors (Lipinski definition) is 8. The SMILES string of the molecule is CC(C)CC(NC(=O)C(CS)NC(=O)C(N)CCC(=O)O)C(=O)NC(CCC(N)=O)C(=O)O. The maximum atomic E-state index is 12.7. The predicted molar refractivity (Wildman–Crippen MR) is 120 cm³/mol. The lowest BCUT2D eigenvalue weighted by Crippen LogP contribution is -2.57. The minimum atomic E-state index is -1.39. The summed E-state index contributed by atoms with van der Waals surface area (Å²) in [4.78, 5) is 70.4. The van der Waals surface area contributed by atoms with Crippen molar-refractivity contribution < 1.29 is 39.0 Å². The first-order valence-corrected chi connectivity index (χ1v) is 10.9. The summed E-state index contributed by atoms with van der Waals surface area (Å²) in [6.45, 7) is 3.57. The van der Waals surface area contributed by atoms with Crippen molar-refractivity contribution >= 4 is 48.2 Å². The van der Waals surface area contributed by atoms with Gasteiger partial charge in [-0.05, 0) is 25.2 Å². The van der Waals surface area contributed by atoms with E-state index in [9.17, 15) is 33.9 Å². The van der Waals surface area contributed by atoms with Gasteiger partial charge in [-0.3, -0.25) is 24.0 Å². The normalized spacial score (nSPS) is 14.5. The zero-order valence-electron chi connectivity index (χ0n) is 18.6. The fourth-order valence-corrected chi connectivity index (χ4v) is 2.93. The number of carbonyl (C=O) groups excluding carboxylic acids is 4. The highest BCUT2D eigenvalue weighted by atomic mass is 32.1. The summed E-state index contributed by atoms with van der Waals surface area (Å²) in [7, 11) is 0. The molecule has 0 aromatic carbocycles. The Morgan fingerprint density at radius 1 is 0.818 bits per heavy atom. The minimum Gasteiger partial charge on any atom is -0.481 e. The quantitative estimate of drug-likeness (QED) is 0.111. The zero-order valence-corrected chi connectivity index (χ0v) is 19.5. The Hall–Kier alpha value is -2.87. The number of nitrogens with two attached hydrogens (primary N) is 2. The van der Waals surface area contributed by atoms with Crippen LogP contribution in [0.5, 0.6) is 0 Å². The summed E-state index contributed by atoms with van der Waals surface area (Å²) in [6, 6.07) is -4.85. The lowest BCUT2D eigenvalue weighted by atomic mass is 10.0. The first kappa shape index (κ1) is 30.1. The molecule has 33 heavy (non-hydrogen) atoms. The molecule has 0 aliphatic carbocycles. The van der Waals surface area contributed by atoms with Crippen LogP contribution in [0, 0.1) is 5.92 Å². The third-order valence-electron chi connectivity index (χ3n) is 4.46. The Morgan fingerprint density at radius 3 is 1.79 bits per heavy atom. The first-order chi connectivity index (χ1) is 15.3. The van der Waals surface area contributed by atoms with E-state index < -0.39 is 59.7 Å². The second-order valence-electron chi connectivity index (χ2n) is 7.88. The van der Waals surface area contributed by atoms with Gasteiger partial charge in [-0.25, -0.2) is 4.79 Å². The smallest absolute Gasteiger partial charge is 0.326 e. The summed E-state index contributed by atoms with van der Waals surface area (Å²) in [6.07, 6.45) is -0.784. The molecule has 9 N–H and O–H groups in total. The number of carboxylic acid groups (broad SMARTS) is 2. The number of carboxylic acids is 2. The number of primary amides is 1. The molecule has 13 nitrogen and oxygen atoms in total. The van der Waals surface area contributed by atoms with Crippen molar-refractivity contribution in [3.63, 3.8) is 0 Å². The summed E-state index contributed by atoms with van der Waals surface area (Å²) in [5.74, 6) is -5.72. The van der Waals surface area contributed by atoms with Crippen molar-refractivity contribution in [3.8, 4) is 0 Å². The monoisotopic (exact) mass is 491 g/mol. The summed E-state index contributed by atoms with van der Waals surface area (Å²) >= 11 is 4.02. The number of thiol groups is 1. The third kappa shape index (κ3) is 12.7. The second-order valence-corrected chi connectivity index (χ2v) is 8.24. The molecule has 0 aromatic heterocycles. The number of amides is 4. The molecule has 0 radical (unpaired) electrons. The Morgan fingerprint density at radius 2 is 1.33 bits per heavy atom. The van der Waals surface area contributed by atoms with Gasteiger partial charge in [0.15, 0.2) is 0 Å². The van der Waals surface area contributed by atoms with Gasteiger partial charge in [-0.1, -0.05) is 13.8 Å². The lowest BCUT2D eigenvalue weighted by molar-refractivity contribution is -0.143. The van der Waals surface area contributed by atoms with Gasteiger partial charge in [0.05, 0.1) is 6.04 Å². The van der Waals surface area contributed by atoms with Gasteiger partial charge in [0, 0.05) is 18.6 Å². The molecular formula is C19H33N5O8S. The van der Waals surface area contributed by atoms with Crippen LogP contribution in [0.4, 0.5) is 0 Å². The number of nitrogens with one attached hydrogen (secondary N) is 3. The van der Waals surface area contributed by atoms with Crippen LogP contribution >= 0.6 is 12.6 Å². The molecule has 0 aliphatic rings. The largest absolute Gasteiger partial charge is 0.481 e. The summed E-state index contributed by atoms with van der Waals surface area (Å²) in [5, 5.41) is 25.1. The predicted octanol–water partition coefficient (Wildman–Crippen LogP) is -2.04. The summed E-state index contributed by atoms with van der Waals surface area (Å²) < 4.78 is 0. The van der Waals surface area contributed by atoms with Crippen LogP contribution < -0.4 is 27.4 Å². The van der Waals surface area contributed by atoms with Gasteiger partial charge in [0.25, 0.3) is 0 Å². The standard InChI is InChI=1S/C19H33N5O8S/c1-9(2)7-12(17(29)22-11(19(31)32)4-5-14(21)25)23-18(30)13(8-33)24-16(28)10(20)3-6-15(26)27/h9-13,33H,3-8,20H2,1-2H3,(H2,21,25)(H,22,29)(H,23,30)(H,24,28)(H,26,27)(H,31,32). The van der Waals surface area contributed by atoms with E-state index in [0.717, 1.165) is 0 Å². The average Bonchev–Trinajstić information content (AvgIpc) is 2.71. The van der Waals surface area contributed by atoms with E-state index in [4.69, 9.17) is 16.6 Å². The van der Waals surface area contributed by atoms with E-state index >= 15 is 0 Å². The van der Waals surface area contributed by atoms with Crippen molar-refractivity contribution in [2.75, 3.05) is 5.75 Å². The van der Waals surface area contributed by atoms with Crippen LogP contribution in [0.1, 0.15) is 46.0 Å². The van der Waals surface area contributed by atoms with Crippen LogP contribution in [-0.2, 0) is 28.8 Å². The molecule has 0 spiro atoms. The molecule has 0 rings (SSSR count). The number of carbonyl (C=O) groups is 6.